The van der Waals surface area contributed by atoms with E-state index in [9.17, 15) is 0 Å². The van der Waals surface area contributed by atoms with Crippen LogP contribution in [0.1, 0.15) is 52.9 Å². The molecule has 0 aromatic carbocycles. The number of hydrogen-bond acceptors (Lipinski definition) is 6. The van der Waals surface area contributed by atoms with Gasteiger partial charge in [0.15, 0.2) is 0 Å². The first kappa shape index (κ1) is 15.8. The molecule has 0 amide bonds. The largest absolute Gasteiger partial charge is 0.461 e. The number of aromatic nitrogens is 3. The highest BCUT2D eigenvalue weighted by molar-refractivity contribution is 5.36. The van der Waals surface area contributed by atoms with Gasteiger partial charge >= 0.3 is 6.01 Å². The molecule has 118 valence electrons. The van der Waals surface area contributed by atoms with Crippen molar-refractivity contribution in [2.45, 2.75) is 65.0 Å². The van der Waals surface area contributed by atoms with Gasteiger partial charge in [-0.25, -0.2) is 0 Å². The molecule has 1 aliphatic rings. The van der Waals surface area contributed by atoms with Crippen LogP contribution in [0.25, 0.3) is 0 Å². The Morgan fingerprint density at radius 3 is 2.33 bits per heavy atom. The highest BCUT2D eigenvalue weighted by atomic mass is 16.5. The lowest BCUT2D eigenvalue weighted by molar-refractivity contribution is 0.222. The van der Waals surface area contributed by atoms with E-state index in [1.54, 1.807) is 7.05 Å². The van der Waals surface area contributed by atoms with Crippen LogP contribution in [0.15, 0.2) is 0 Å². The van der Waals surface area contributed by atoms with E-state index in [1.807, 2.05) is 13.8 Å². The van der Waals surface area contributed by atoms with Crippen molar-refractivity contribution in [1.82, 2.24) is 15.0 Å². The number of rotatable bonds is 6. The van der Waals surface area contributed by atoms with E-state index >= 15 is 0 Å². The Bertz CT molecular complexity index is 444. The Kier molecular flexibility index (Phi) is 5.59. The van der Waals surface area contributed by atoms with Crippen molar-refractivity contribution in [1.29, 1.82) is 0 Å². The fourth-order valence-electron chi connectivity index (χ4n) is 2.69. The van der Waals surface area contributed by atoms with Gasteiger partial charge in [-0.15, -0.1) is 0 Å². The molecule has 1 aliphatic carbocycles. The van der Waals surface area contributed by atoms with Crippen molar-refractivity contribution >= 4 is 11.9 Å². The molecule has 0 unspecified atom stereocenters. The predicted octanol–water partition coefficient (Wildman–Crippen LogP) is 3.08. The molecule has 2 N–H and O–H groups in total. The lowest BCUT2D eigenvalue weighted by atomic mass is 9.85. The molecule has 0 bridgehead atoms. The van der Waals surface area contributed by atoms with Gasteiger partial charge in [0.2, 0.25) is 11.9 Å². The zero-order valence-corrected chi connectivity index (χ0v) is 13.5. The summed E-state index contributed by atoms with van der Waals surface area (Å²) >= 11 is 0. The number of anilines is 2. The highest BCUT2D eigenvalue weighted by Crippen LogP contribution is 2.28. The first-order chi connectivity index (χ1) is 10.1. The Labute approximate surface area is 127 Å². The number of nitrogens with zero attached hydrogens (tertiary/aromatic N) is 3. The van der Waals surface area contributed by atoms with E-state index in [-0.39, 0.29) is 6.10 Å². The molecule has 1 fully saturated rings. The number of nitrogens with one attached hydrogen (secondary N) is 2. The van der Waals surface area contributed by atoms with Gasteiger partial charge in [0, 0.05) is 13.1 Å². The van der Waals surface area contributed by atoms with Crippen LogP contribution >= 0.6 is 0 Å². The van der Waals surface area contributed by atoms with E-state index in [4.69, 9.17) is 4.74 Å². The molecule has 0 saturated heterocycles. The van der Waals surface area contributed by atoms with Crippen LogP contribution in [0.2, 0.25) is 0 Å². The molecule has 1 heterocycles. The summed E-state index contributed by atoms with van der Waals surface area (Å²) in [6.07, 6.45) is 6.26. The van der Waals surface area contributed by atoms with Gasteiger partial charge in [-0.1, -0.05) is 13.3 Å². The quantitative estimate of drug-likeness (QED) is 0.840. The number of ether oxygens (including phenoxy) is 1. The van der Waals surface area contributed by atoms with Crippen molar-refractivity contribution < 1.29 is 4.74 Å². The fraction of sp³-hybridized carbons (Fsp3) is 0.800. The molecule has 1 aromatic heterocycles. The molecule has 1 aromatic rings. The molecule has 21 heavy (non-hydrogen) atoms. The average molecular weight is 293 g/mol. The Hall–Kier alpha value is -1.59. The van der Waals surface area contributed by atoms with Crippen LogP contribution in [0.3, 0.4) is 0 Å². The third-order valence-electron chi connectivity index (χ3n) is 3.94. The molecule has 0 aliphatic heterocycles. The van der Waals surface area contributed by atoms with Crippen molar-refractivity contribution in [2.24, 2.45) is 5.92 Å². The normalized spacial score (nSPS) is 22.1. The molecule has 6 nitrogen and oxygen atoms in total. The van der Waals surface area contributed by atoms with E-state index in [0.717, 1.165) is 5.92 Å². The SMILES string of the molecule is CCC1CCC(Nc2nc(NC)nc(OC(C)C)n2)CC1. The summed E-state index contributed by atoms with van der Waals surface area (Å²) in [6, 6.07) is 0.820. The van der Waals surface area contributed by atoms with E-state index in [1.165, 1.54) is 32.1 Å². The third kappa shape index (κ3) is 4.72. The standard InChI is InChI=1S/C15H27N5O/c1-5-11-6-8-12(9-7-11)17-14-18-13(16-4)19-15(20-14)21-10(2)3/h10-12H,5-9H2,1-4H3,(H2,16,17,18,19,20). The van der Waals surface area contributed by atoms with Gasteiger partial charge in [-0.05, 0) is 45.4 Å². The van der Waals surface area contributed by atoms with Gasteiger partial charge in [-0.2, -0.15) is 15.0 Å². The average Bonchev–Trinajstić information content (AvgIpc) is 2.47. The van der Waals surface area contributed by atoms with Crippen molar-refractivity contribution in [3.8, 4) is 6.01 Å². The second-order valence-corrected chi connectivity index (χ2v) is 5.95. The maximum absolute atomic E-state index is 5.58. The summed E-state index contributed by atoms with van der Waals surface area (Å²) in [5, 5.41) is 6.38. The van der Waals surface area contributed by atoms with Crippen LogP contribution in [-0.4, -0.2) is 34.1 Å². The lowest BCUT2D eigenvalue weighted by Crippen LogP contribution is -2.27. The lowest BCUT2D eigenvalue weighted by Gasteiger charge is -2.28. The minimum Gasteiger partial charge on any atom is -0.461 e. The van der Waals surface area contributed by atoms with Gasteiger partial charge < -0.3 is 15.4 Å². The summed E-state index contributed by atoms with van der Waals surface area (Å²) in [7, 11) is 1.80. The summed E-state index contributed by atoms with van der Waals surface area (Å²) in [5.41, 5.74) is 0. The monoisotopic (exact) mass is 293 g/mol. The smallest absolute Gasteiger partial charge is 0.323 e. The van der Waals surface area contributed by atoms with Crippen LogP contribution in [-0.2, 0) is 0 Å². The second-order valence-electron chi connectivity index (χ2n) is 5.95. The Morgan fingerprint density at radius 2 is 1.76 bits per heavy atom. The molecular formula is C15H27N5O. The van der Waals surface area contributed by atoms with Crippen LogP contribution in [0.5, 0.6) is 6.01 Å². The minimum atomic E-state index is 0.0462. The molecule has 0 atom stereocenters. The van der Waals surface area contributed by atoms with E-state index < -0.39 is 0 Å². The number of hydrogen-bond donors (Lipinski definition) is 2. The van der Waals surface area contributed by atoms with Gasteiger partial charge in [-0.3, -0.25) is 0 Å². The summed E-state index contributed by atoms with van der Waals surface area (Å²) in [4.78, 5) is 12.9. The maximum atomic E-state index is 5.58. The summed E-state index contributed by atoms with van der Waals surface area (Å²) < 4.78 is 5.58. The molecule has 6 heteroatoms. The molecular weight excluding hydrogens is 266 g/mol. The zero-order chi connectivity index (χ0) is 15.2. The summed E-state index contributed by atoms with van der Waals surface area (Å²) in [5.74, 6) is 2.02. The van der Waals surface area contributed by atoms with E-state index in [0.29, 0.717) is 23.9 Å². The Morgan fingerprint density at radius 1 is 1.10 bits per heavy atom. The first-order valence-electron chi connectivity index (χ1n) is 7.97. The second kappa shape index (κ2) is 7.43. The van der Waals surface area contributed by atoms with Crippen LogP contribution in [0.4, 0.5) is 11.9 Å². The molecule has 1 saturated carbocycles. The third-order valence-corrected chi connectivity index (χ3v) is 3.94. The van der Waals surface area contributed by atoms with Gasteiger partial charge in [0.05, 0.1) is 6.10 Å². The van der Waals surface area contributed by atoms with Crippen molar-refractivity contribution in [3.63, 3.8) is 0 Å². The zero-order valence-electron chi connectivity index (χ0n) is 13.5. The highest BCUT2D eigenvalue weighted by Gasteiger charge is 2.21. The fourth-order valence-corrected chi connectivity index (χ4v) is 2.69. The van der Waals surface area contributed by atoms with Crippen LogP contribution < -0.4 is 15.4 Å². The molecule has 0 spiro atoms. The Balaban J connectivity index is 2.01. The van der Waals surface area contributed by atoms with E-state index in [2.05, 4.69) is 32.5 Å². The van der Waals surface area contributed by atoms with Crippen molar-refractivity contribution in [3.05, 3.63) is 0 Å². The predicted molar refractivity (Wildman–Crippen MR) is 84.8 cm³/mol. The topological polar surface area (TPSA) is 72.0 Å². The van der Waals surface area contributed by atoms with Gasteiger partial charge in [0.1, 0.15) is 0 Å². The van der Waals surface area contributed by atoms with Crippen molar-refractivity contribution in [2.75, 3.05) is 17.7 Å². The molecule has 2 rings (SSSR count). The molecule has 0 radical (unpaired) electrons. The summed E-state index contributed by atoms with van der Waals surface area (Å²) in [6.45, 7) is 6.20. The van der Waals surface area contributed by atoms with Crippen LogP contribution in [0, 0.1) is 5.92 Å². The minimum absolute atomic E-state index is 0.0462. The first-order valence-corrected chi connectivity index (χ1v) is 7.97. The maximum Gasteiger partial charge on any atom is 0.323 e. The van der Waals surface area contributed by atoms with Gasteiger partial charge in [0.25, 0.3) is 0 Å².